The van der Waals surface area contributed by atoms with Gasteiger partial charge in [0, 0.05) is 11.9 Å². The largest absolute Gasteiger partial charge is 0.432 e. The van der Waals surface area contributed by atoms with Crippen molar-refractivity contribution in [2.45, 2.75) is 13.2 Å². The minimum Gasteiger partial charge on any atom is -0.432 e. The van der Waals surface area contributed by atoms with Crippen molar-refractivity contribution in [3.8, 4) is 34.3 Å². The Bertz CT molecular complexity index is 1460. The predicted octanol–water partition coefficient (Wildman–Crippen LogP) is 3.62. The number of alkyl halides is 2. The number of nitrogen functional groups attached to an aromatic ring is 1. The summed E-state index contributed by atoms with van der Waals surface area (Å²) < 4.78 is 31.0. The van der Waals surface area contributed by atoms with E-state index in [1.807, 2.05) is 22.8 Å². The zero-order valence-electron chi connectivity index (χ0n) is 17.5. The monoisotopic (exact) mass is 461 g/mol. The number of anilines is 1. The van der Waals surface area contributed by atoms with E-state index in [1.54, 1.807) is 36.5 Å². The first-order valence-electron chi connectivity index (χ1n) is 10.1. The van der Waals surface area contributed by atoms with Gasteiger partial charge in [0.25, 0.3) is 0 Å². The van der Waals surface area contributed by atoms with Crippen LogP contribution in [0.25, 0.3) is 39.8 Å². The maximum Gasteiger partial charge on any atom is 0.387 e. The van der Waals surface area contributed by atoms with E-state index >= 15 is 0 Å². The number of nitrogens with zero attached hydrogens (tertiary/aromatic N) is 6. The number of aliphatic hydroxyl groups is 1. The average molecular weight is 461 g/mol. The summed E-state index contributed by atoms with van der Waals surface area (Å²) >= 11 is 0. The van der Waals surface area contributed by atoms with E-state index in [1.165, 1.54) is 0 Å². The summed E-state index contributed by atoms with van der Waals surface area (Å²) in [6.07, 6.45) is 3.91. The van der Waals surface area contributed by atoms with E-state index < -0.39 is 6.61 Å². The third kappa shape index (κ3) is 3.99. The molecule has 0 amide bonds. The molecular formula is C23H17F2N7O2. The van der Waals surface area contributed by atoms with Crippen LogP contribution in [0.15, 0.2) is 67.1 Å². The molecule has 9 nitrogen and oxygen atoms in total. The molecule has 170 valence electrons. The minimum atomic E-state index is -2.96. The molecule has 0 radical (unpaired) electrons. The van der Waals surface area contributed by atoms with Crippen molar-refractivity contribution in [1.82, 2.24) is 29.5 Å². The van der Waals surface area contributed by atoms with Gasteiger partial charge in [0.15, 0.2) is 23.0 Å². The Morgan fingerprint density at radius 3 is 2.41 bits per heavy atom. The Morgan fingerprint density at radius 2 is 1.74 bits per heavy atom. The van der Waals surface area contributed by atoms with Crippen molar-refractivity contribution in [3.05, 3.63) is 72.7 Å². The first kappa shape index (κ1) is 21.3. The number of halogens is 2. The van der Waals surface area contributed by atoms with Gasteiger partial charge in [-0.05, 0) is 42.0 Å². The van der Waals surface area contributed by atoms with Crippen LogP contribution >= 0.6 is 0 Å². The molecule has 11 heteroatoms. The molecule has 1 aromatic carbocycles. The van der Waals surface area contributed by atoms with E-state index in [0.29, 0.717) is 34.1 Å². The molecule has 0 saturated carbocycles. The maximum absolute atomic E-state index is 12.4. The van der Waals surface area contributed by atoms with Crippen molar-refractivity contribution in [1.29, 1.82) is 0 Å². The molecule has 0 spiro atoms. The number of aromatic nitrogens is 6. The van der Waals surface area contributed by atoms with Gasteiger partial charge < -0.3 is 15.6 Å². The Labute approximate surface area is 191 Å². The van der Waals surface area contributed by atoms with Crippen LogP contribution in [0.5, 0.6) is 5.75 Å². The molecule has 0 aliphatic rings. The number of ether oxygens (including phenoxy) is 1. The molecule has 0 bridgehead atoms. The quantitative estimate of drug-likeness (QED) is 0.393. The van der Waals surface area contributed by atoms with Gasteiger partial charge in [-0.1, -0.05) is 12.1 Å². The molecule has 5 rings (SSSR count). The molecule has 34 heavy (non-hydrogen) atoms. The first-order valence-corrected chi connectivity index (χ1v) is 10.1. The number of rotatable bonds is 6. The number of fused-ring (bicyclic) bond motifs is 1. The van der Waals surface area contributed by atoms with Gasteiger partial charge in [-0.3, -0.25) is 4.57 Å². The summed E-state index contributed by atoms with van der Waals surface area (Å²) in [6.45, 7) is -3.05. The van der Waals surface area contributed by atoms with Crippen LogP contribution in [0.1, 0.15) is 5.56 Å². The molecule has 3 N–H and O–H groups in total. The van der Waals surface area contributed by atoms with Crippen LogP contribution in [0, 0.1) is 0 Å². The summed E-state index contributed by atoms with van der Waals surface area (Å²) in [4.78, 5) is 21.8. The van der Waals surface area contributed by atoms with Crippen LogP contribution in [-0.4, -0.2) is 41.2 Å². The van der Waals surface area contributed by atoms with E-state index in [4.69, 9.17) is 15.7 Å². The number of hydrogen-bond donors (Lipinski definition) is 2. The molecule has 5 aromatic rings. The summed E-state index contributed by atoms with van der Waals surface area (Å²) in [7, 11) is 0. The highest BCUT2D eigenvalue weighted by Gasteiger charge is 2.19. The highest BCUT2D eigenvalue weighted by Crippen LogP contribution is 2.31. The van der Waals surface area contributed by atoms with Crippen LogP contribution in [0.3, 0.4) is 0 Å². The average Bonchev–Trinajstić information content (AvgIpc) is 3.23. The van der Waals surface area contributed by atoms with Gasteiger partial charge in [0.2, 0.25) is 0 Å². The Morgan fingerprint density at radius 1 is 0.971 bits per heavy atom. The lowest BCUT2D eigenvalue weighted by Gasteiger charge is -2.11. The zero-order valence-corrected chi connectivity index (χ0v) is 17.5. The van der Waals surface area contributed by atoms with Crippen LogP contribution < -0.4 is 10.5 Å². The number of pyridine rings is 2. The minimum absolute atomic E-state index is 0.0849. The highest BCUT2D eigenvalue weighted by molar-refractivity contribution is 5.84. The third-order valence-electron chi connectivity index (χ3n) is 5.04. The van der Waals surface area contributed by atoms with Gasteiger partial charge in [0.1, 0.15) is 17.0 Å². The van der Waals surface area contributed by atoms with Crippen LogP contribution in [0.4, 0.5) is 14.6 Å². The summed E-state index contributed by atoms with van der Waals surface area (Å²) in [5, 5.41) is 9.41. The van der Waals surface area contributed by atoms with Gasteiger partial charge in [0.05, 0.1) is 24.6 Å². The van der Waals surface area contributed by atoms with Gasteiger partial charge in [-0.25, -0.2) is 24.9 Å². The number of nitrogens with two attached hydrogens (primary N) is 1. The van der Waals surface area contributed by atoms with Crippen molar-refractivity contribution in [2.24, 2.45) is 0 Å². The van der Waals surface area contributed by atoms with Gasteiger partial charge in [-0.15, -0.1) is 0 Å². The predicted molar refractivity (Wildman–Crippen MR) is 120 cm³/mol. The van der Waals surface area contributed by atoms with E-state index in [0.717, 1.165) is 23.6 Å². The van der Waals surface area contributed by atoms with Crippen LogP contribution in [-0.2, 0) is 6.61 Å². The molecule has 4 heterocycles. The highest BCUT2D eigenvalue weighted by atomic mass is 19.3. The summed E-state index contributed by atoms with van der Waals surface area (Å²) in [5.74, 6) is 0.922. The maximum atomic E-state index is 12.4. The zero-order chi connectivity index (χ0) is 23.7. The fourth-order valence-electron chi connectivity index (χ4n) is 3.48. The first-order chi connectivity index (χ1) is 16.5. The van der Waals surface area contributed by atoms with Gasteiger partial charge >= 0.3 is 6.61 Å². The topological polar surface area (TPSA) is 125 Å². The third-order valence-corrected chi connectivity index (χ3v) is 5.04. The second-order valence-corrected chi connectivity index (χ2v) is 7.19. The summed E-state index contributed by atoms with van der Waals surface area (Å²) in [6, 6.07) is 14.3. The second-order valence-electron chi connectivity index (χ2n) is 7.19. The molecule has 0 saturated heterocycles. The molecular weight excluding hydrogens is 444 g/mol. The normalized spacial score (nSPS) is 11.3. The Balaban J connectivity index is 1.68. The lowest BCUT2D eigenvalue weighted by molar-refractivity contribution is -0.0503. The molecule has 0 aliphatic heterocycles. The SMILES string of the molecule is Nc1ncccc1-c1nc2ccc(-c3ncc(OC(F)F)cn3)nc2n1-c1ccc(CO)cc1. The van der Waals surface area contributed by atoms with Crippen molar-refractivity contribution >= 4 is 17.0 Å². The number of benzene rings is 1. The van der Waals surface area contributed by atoms with E-state index in [-0.39, 0.29) is 18.2 Å². The standard InChI is InChI=1S/C23H17F2N7O2/c24-23(25)34-15-10-28-20(29-11-15)17-7-8-18-22(30-17)32(14-5-3-13(12-33)4-6-14)21(31-18)16-2-1-9-27-19(16)26/h1-11,23,33H,12H2,(H2,26,27). The number of hydrogen-bond acceptors (Lipinski definition) is 8. The molecule has 0 atom stereocenters. The Kier molecular flexibility index (Phi) is 5.52. The molecule has 0 aliphatic carbocycles. The molecule has 4 aromatic heterocycles. The lowest BCUT2D eigenvalue weighted by atomic mass is 10.2. The molecule has 0 fully saturated rings. The van der Waals surface area contributed by atoms with Crippen molar-refractivity contribution in [2.75, 3.05) is 5.73 Å². The fourth-order valence-corrected chi connectivity index (χ4v) is 3.48. The number of aliphatic hydroxyl groups excluding tert-OH is 1. The second kappa shape index (κ2) is 8.79. The number of imidazole rings is 1. The lowest BCUT2D eigenvalue weighted by Crippen LogP contribution is -2.04. The van der Waals surface area contributed by atoms with Gasteiger partial charge in [-0.2, -0.15) is 8.78 Å². The summed E-state index contributed by atoms with van der Waals surface area (Å²) in [5.41, 5.74) is 9.75. The van der Waals surface area contributed by atoms with E-state index in [2.05, 4.69) is 19.7 Å². The molecule has 0 unspecified atom stereocenters. The van der Waals surface area contributed by atoms with Crippen molar-refractivity contribution < 1.29 is 18.6 Å². The van der Waals surface area contributed by atoms with E-state index in [9.17, 15) is 13.9 Å². The van der Waals surface area contributed by atoms with Crippen molar-refractivity contribution in [3.63, 3.8) is 0 Å². The fraction of sp³-hybridized carbons (Fsp3) is 0.0870. The Hall–Kier alpha value is -4.51. The smallest absolute Gasteiger partial charge is 0.387 e. The van der Waals surface area contributed by atoms with Crippen LogP contribution in [0.2, 0.25) is 0 Å².